The fraction of sp³-hybridized carbons (Fsp3) is 0.471. The lowest BCUT2D eigenvalue weighted by Gasteiger charge is -2.01. The maximum Gasteiger partial charge on any atom is 0.217 e. The van der Waals surface area contributed by atoms with Crippen LogP contribution in [0.2, 0.25) is 0 Å². The van der Waals surface area contributed by atoms with E-state index >= 15 is 0 Å². The van der Waals surface area contributed by atoms with Gasteiger partial charge in [-0.2, -0.15) is 0 Å². The van der Waals surface area contributed by atoms with Crippen molar-refractivity contribution in [3.63, 3.8) is 0 Å². The van der Waals surface area contributed by atoms with Crippen LogP contribution in [-0.4, -0.2) is 12.5 Å². The van der Waals surface area contributed by atoms with E-state index in [0.29, 0.717) is 6.54 Å². The second kappa shape index (κ2) is 10.4. The Labute approximate surface area is 116 Å². The van der Waals surface area contributed by atoms with Crippen LogP contribution in [0.3, 0.4) is 0 Å². The van der Waals surface area contributed by atoms with Crippen molar-refractivity contribution in [3.8, 4) is 0 Å². The van der Waals surface area contributed by atoms with Crippen LogP contribution in [-0.2, 0) is 11.2 Å². The first kappa shape index (κ1) is 15.5. The summed E-state index contributed by atoms with van der Waals surface area (Å²) in [5.74, 6) is 0.0329. The Balaban J connectivity index is 1.90. The summed E-state index contributed by atoms with van der Waals surface area (Å²) in [6.07, 6.45) is 11.6. The summed E-state index contributed by atoms with van der Waals surface area (Å²) >= 11 is 0. The highest BCUT2D eigenvalue weighted by Gasteiger charge is 1.92. The molecule has 0 saturated carbocycles. The maximum absolute atomic E-state index is 10.6. The van der Waals surface area contributed by atoms with E-state index in [0.717, 1.165) is 6.42 Å². The van der Waals surface area contributed by atoms with Crippen molar-refractivity contribution in [3.05, 3.63) is 48.0 Å². The molecule has 0 aliphatic heterocycles. The number of carbonyl (C=O) groups excluding carboxylic acids is 1. The van der Waals surface area contributed by atoms with Crippen LogP contribution in [0.25, 0.3) is 0 Å². The Hall–Kier alpha value is -1.57. The molecule has 0 aliphatic carbocycles. The predicted molar refractivity (Wildman–Crippen MR) is 81.1 cm³/mol. The van der Waals surface area contributed by atoms with Crippen LogP contribution in [0.1, 0.15) is 44.6 Å². The molecule has 0 spiro atoms. The fourth-order valence-electron chi connectivity index (χ4n) is 1.99. The van der Waals surface area contributed by atoms with E-state index in [1.165, 1.54) is 37.7 Å². The summed E-state index contributed by atoms with van der Waals surface area (Å²) in [6.45, 7) is 2.20. The van der Waals surface area contributed by atoms with Gasteiger partial charge in [-0.05, 0) is 31.2 Å². The standard InChI is InChI=1S/C17H25NO/c1-16(19)18-15-11-6-4-2-3-5-8-12-17-13-9-7-10-14-17/h6-7,9-11,13-14H,2-5,8,12,15H2,1H3,(H,18,19)/b11-6+. The van der Waals surface area contributed by atoms with Gasteiger partial charge in [0.2, 0.25) is 5.91 Å². The topological polar surface area (TPSA) is 29.1 Å². The molecule has 0 aromatic heterocycles. The van der Waals surface area contributed by atoms with Gasteiger partial charge in [-0.25, -0.2) is 0 Å². The molecule has 0 aliphatic rings. The third-order valence-electron chi connectivity index (χ3n) is 3.06. The third-order valence-corrected chi connectivity index (χ3v) is 3.06. The minimum Gasteiger partial charge on any atom is -0.353 e. The van der Waals surface area contributed by atoms with Gasteiger partial charge in [-0.15, -0.1) is 0 Å². The van der Waals surface area contributed by atoms with Crippen molar-refractivity contribution < 1.29 is 4.79 Å². The van der Waals surface area contributed by atoms with Crippen LogP contribution in [0, 0.1) is 0 Å². The van der Waals surface area contributed by atoms with Gasteiger partial charge in [0.15, 0.2) is 0 Å². The smallest absolute Gasteiger partial charge is 0.217 e. The third kappa shape index (κ3) is 9.06. The van der Waals surface area contributed by atoms with Crippen LogP contribution in [0.15, 0.2) is 42.5 Å². The Morgan fingerprint density at radius 1 is 1.05 bits per heavy atom. The molecule has 2 heteroatoms. The number of unbranched alkanes of at least 4 members (excludes halogenated alkanes) is 4. The zero-order valence-electron chi connectivity index (χ0n) is 11.9. The zero-order valence-corrected chi connectivity index (χ0v) is 11.9. The highest BCUT2D eigenvalue weighted by atomic mass is 16.1. The number of allylic oxidation sites excluding steroid dienone is 1. The van der Waals surface area contributed by atoms with E-state index in [4.69, 9.17) is 0 Å². The van der Waals surface area contributed by atoms with E-state index in [9.17, 15) is 4.79 Å². The number of hydrogen-bond donors (Lipinski definition) is 1. The largest absolute Gasteiger partial charge is 0.353 e. The molecule has 0 saturated heterocycles. The summed E-state index contributed by atoms with van der Waals surface area (Å²) < 4.78 is 0. The quantitative estimate of drug-likeness (QED) is 0.529. The summed E-state index contributed by atoms with van der Waals surface area (Å²) in [5, 5.41) is 2.75. The van der Waals surface area contributed by atoms with Crippen molar-refractivity contribution in [1.82, 2.24) is 5.32 Å². The maximum atomic E-state index is 10.6. The normalized spacial score (nSPS) is 10.8. The van der Waals surface area contributed by atoms with Gasteiger partial charge in [0.1, 0.15) is 0 Å². The first-order valence-electron chi connectivity index (χ1n) is 7.22. The van der Waals surface area contributed by atoms with Gasteiger partial charge >= 0.3 is 0 Å². The lowest BCUT2D eigenvalue weighted by Crippen LogP contribution is -2.19. The van der Waals surface area contributed by atoms with Crippen molar-refractivity contribution >= 4 is 5.91 Å². The monoisotopic (exact) mass is 259 g/mol. The SMILES string of the molecule is CC(=O)NC/C=C/CCCCCCc1ccccc1. The average Bonchev–Trinajstić information content (AvgIpc) is 2.42. The van der Waals surface area contributed by atoms with Crippen molar-refractivity contribution in [1.29, 1.82) is 0 Å². The molecule has 2 nitrogen and oxygen atoms in total. The number of hydrogen-bond acceptors (Lipinski definition) is 1. The second-order valence-electron chi connectivity index (χ2n) is 4.85. The van der Waals surface area contributed by atoms with Crippen molar-refractivity contribution in [2.75, 3.05) is 6.54 Å². The Morgan fingerprint density at radius 3 is 2.53 bits per heavy atom. The van der Waals surface area contributed by atoms with E-state index in [1.807, 2.05) is 6.08 Å². The molecular weight excluding hydrogens is 234 g/mol. The second-order valence-corrected chi connectivity index (χ2v) is 4.85. The summed E-state index contributed by atoms with van der Waals surface area (Å²) in [4.78, 5) is 10.6. The van der Waals surface area contributed by atoms with Gasteiger partial charge in [-0.1, -0.05) is 55.3 Å². The van der Waals surface area contributed by atoms with E-state index in [2.05, 4.69) is 41.7 Å². The first-order valence-corrected chi connectivity index (χ1v) is 7.22. The molecule has 0 bridgehead atoms. The highest BCUT2D eigenvalue weighted by Crippen LogP contribution is 2.08. The molecule has 1 aromatic rings. The van der Waals surface area contributed by atoms with Crippen molar-refractivity contribution in [2.24, 2.45) is 0 Å². The summed E-state index contributed by atoms with van der Waals surface area (Å²) in [6, 6.07) is 10.7. The molecule has 0 radical (unpaired) electrons. The molecule has 1 amide bonds. The van der Waals surface area contributed by atoms with Gasteiger partial charge in [0.05, 0.1) is 0 Å². The van der Waals surface area contributed by atoms with Crippen LogP contribution >= 0.6 is 0 Å². The molecule has 0 heterocycles. The van der Waals surface area contributed by atoms with Gasteiger partial charge < -0.3 is 5.32 Å². The minimum absolute atomic E-state index is 0.0329. The lowest BCUT2D eigenvalue weighted by molar-refractivity contribution is -0.118. The van der Waals surface area contributed by atoms with Crippen molar-refractivity contribution in [2.45, 2.75) is 45.4 Å². The van der Waals surface area contributed by atoms with E-state index in [1.54, 1.807) is 6.92 Å². The zero-order chi connectivity index (χ0) is 13.8. The summed E-state index contributed by atoms with van der Waals surface area (Å²) in [5.41, 5.74) is 1.44. The molecule has 0 atom stereocenters. The number of aryl methyl sites for hydroxylation is 1. The number of nitrogens with one attached hydrogen (secondary N) is 1. The minimum atomic E-state index is 0.0329. The molecule has 1 rings (SSSR count). The highest BCUT2D eigenvalue weighted by molar-refractivity contribution is 5.72. The summed E-state index contributed by atoms with van der Waals surface area (Å²) in [7, 11) is 0. The Kier molecular flexibility index (Phi) is 8.45. The van der Waals surface area contributed by atoms with E-state index in [-0.39, 0.29) is 5.91 Å². The number of amides is 1. The van der Waals surface area contributed by atoms with Crippen LogP contribution < -0.4 is 5.32 Å². The lowest BCUT2D eigenvalue weighted by atomic mass is 10.1. The molecular formula is C17H25NO. The predicted octanol–water partition coefficient (Wildman–Crippen LogP) is 3.87. The van der Waals surface area contributed by atoms with Gasteiger partial charge in [0.25, 0.3) is 0 Å². The molecule has 1 N–H and O–H groups in total. The molecule has 104 valence electrons. The Morgan fingerprint density at radius 2 is 1.79 bits per heavy atom. The first-order chi connectivity index (χ1) is 9.29. The van der Waals surface area contributed by atoms with Crippen LogP contribution in [0.4, 0.5) is 0 Å². The van der Waals surface area contributed by atoms with Gasteiger partial charge in [0, 0.05) is 13.5 Å². The number of benzene rings is 1. The molecule has 0 fully saturated rings. The van der Waals surface area contributed by atoms with Gasteiger partial charge in [-0.3, -0.25) is 4.79 Å². The molecule has 19 heavy (non-hydrogen) atoms. The number of carbonyl (C=O) groups is 1. The fourth-order valence-corrected chi connectivity index (χ4v) is 1.99. The molecule has 1 aromatic carbocycles. The number of rotatable bonds is 9. The molecule has 0 unspecified atom stereocenters. The average molecular weight is 259 g/mol. The van der Waals surface area contributed by atoms with E-state index < -0.39 is 0 Å². The Bertz CT molecular complexity index is 370. The van der Waals surface area contributed by atoms with Crippen LogP contribution in [0.5, 0.6) is 0 Å².